The minimum Gasteiger partial charge on any atom is -0.320 e. The van der Waals surface area contributed by atoms with E-state index >= 15 is 0 Å². The van der Waals surface area contributed by atoms with Gasteiger partial charge in [-0.05, 0) is 54.9 Å². The molecular formula is C15H19N. The van der Waals surface area contributed by atoms with Gasteiger partial charge >= 0.3 is 0 Å². The van der Waals surface area contributed by atoms with Gasteiger partial charge in [-0.15, -0.1) is 0 Å². The molecule has 0 amide bonds. The van der Waals surface area contributed by atoms with Gasteiger partial charge < -0.3 is 4.40 Å². The molecule has 2 aromatic heterocycles. The predicted octanol–water partition coefficient (Wildman–Crippen LogP) is 3.94. The predicted molar refractivity (Wildman–Crippen MR) is 68.1 cm³/mol. The molecule has 0 fully saturated rings. The fraction of sp³-hybridized carbons (Fsp3) is 0.467. The Balaban J connectivity index is 2.21. The molecule has 0 aromatic carbocycles. The summed E-state index contributed by atoms with van der Waals surface area (Å²) < 4.78 is 2.42. The Kier molecular flexibility index (Phi) is 2.27. The third-order valence-electron chi connectivity index (χ3n) is 3.76. The van der Waals surface area contributed by atoms with Gasteiger partial charge in [-0.1, -0.05) is 19.9 Å². The number of nitrogens with zero attached hydrogens (tertiary/aromatic N) is 1. The standard InChI is InChI=1S/C15H19N/c1-11(2)13-7-8-14-9-12-5-3-4-6-15(12)16(14)10-13/h7-11H,3-6H2,1-2H3. The summed E-state index contributed by atoms with van der Waals surface area (Å²) in [7, 11) is 0. The molecule has 0 unspecified atom stereocenters. The van der Waals surface area contributed by atoms with Crippen LogP contribution in [0.3, 0.4) is 0 Å². The number of rotatable bonds is 1. The zero-order chi connectivity index (χ0) is 11.1. The monoisotopic (exact) mass is 213 g/mol. The van der Waals surface area contributed by atoms with E-state index in [0.717, 1.165) is 0 Å². The molecule has 1 nitrogen and oxygen atoms in total. The van der Waals surface area contributed by atoms with Crippen LogP contribution in [-0.2, 0) is 12.8 Å². The van der Waals surface area contributed by atoms with E-state index in [9.17, 15) is 0 Å². The van der Waals surface area contributed by atoms with Crippen LogP contribution in [0, 0.1) is 0 Å². The van der Waals surface area contributed by atoms with Crippen LogP contribution in [0.25, 0.3) is 5.52 Å². The van der Waals surface area contributed by atoms with Gasteiger partial charge in [0.25, 0.3) is 0 Å². The molecule has 1 aliphatic rings. The van der Waals surface area contributed by atoms with Gasteiger partial charge in [0, 0.05) is 17.4 Å². The fourth-order valence-corrected chi connectivity index (χ4v) is 2.74. The van der Waals surface area contributed by atoms with Crippen LogP contribution in [-0.4, -0.2) is 4.40 Å². The van der Waals surface area contributed by atoms with Crippen molar-refractivity contribution in [3.63, 3.8) is 0 Å². The number of fused-ring (bicyclic) bond motifs is 3. The van der Waals surface area contributed by atoms with Gasteiger partial charge in [0.15, 0.2) is 0 Å². The van der Waals surface area contributed by atoms with Crippen LogP contribution in [0.4, 0.5) is 0 Å². The summed E-state index contributed by atoms with van der Waals surface area (Å²) >= 11 is 0. The summed E-state index contributed by atoms with van der Waals surface area (Å²) in [5, 5.41) is 0. The Labute approximate surface area is 97.1 Å². The second-order valence-electron chi connectivity index (χ2n) is 5.24. The molecule has 0 N–H and O–H groups in total. The molecule has 2 aromatic rings. The second kappa shape index (κ2) is 3.65. The van der Waals surface area contributed by atoms with Crippen molar-refractivity contribution in [3.8, 4) is 0 Å². The Hall–Kier alpha value is -1.24. The molecule has 84 valence electrons. The highest BCUT2D eigenvalue weighted by Crippen LogP contribution is 2.26. The van der Waals surface area contributed by atoms with Crippen LogP contribution in [0.2, 0.25) is 0 Å². The Morgan fingerprint density at radius 1 is 1.12 bits per heavy atom. The van der Waals surface area contributed by atoms with E-state index in [1.807, 2.05) is 0 Å². The number of hydrogen-bond donors (Lipinski definition) is 0. The highest BCUT2D eigenvalue weighted by Gasteiger charge is 2.14. The first-order valence-electron chi connectivity index (χ1n) is 6.38. The van der Waals surface area contributed by atoms with E-state index in [1.54, 1.807) is 11.3 Å². The maximum Gasteiger partial charge on any atom is 0.0455 e. The van der Waals surface area contributed by atoms with Crippen molar-refractivity contribution in [1.29, 1.82) is 0 Å². The largest absolute Gasteiger partial charge is 0.320 e. The molecule has 0 saturated carbocycles. The van der Waals surface area contributed by atoms with Gasteiger partial charge in [0.1, 0.15) is 0 Å². The molecule has 2 heterocycles. The number of hydrogen-bond acceptors (Lipinski definition) is 0. The van der Waals surface area contributed by atoms with E-state index in [4.69, 9.17) is 0 Å². The first kappa shape index (κ1) is 9.95. The highest BCUT2D eigenvalue weighted by molar-refractivity contribution is 5.55. The molecule has 0 bridgehead atoms. The quantitative estimate of drug-likeness (QED) is 0.676. The molecule has 3 rings (SSSR count). The molecule has 0 spiro atoms. The van der Waals surface area contributed by atoms with Crippen molar-refractivity contribution in [2.75, 3.05) is 0 Å². The van der Waals surface area contributed by atoms with Crippen molar-refractivity contribution < 1.29 is 0 Å². The third kappa shape index (κ3) is 1.46. The maximum atomic E-state index is 2.42. The summed E-state index contributed by atoms with van der Waals surface area (Å²) in [6.45, 7) is 4.52. The molecule has 1 heteroatoms. The van der Waals surface area contributed by atoms with Gasteiger partial charge in [-0.25, -0.2) is 0 Å². The van der Waals surface area contributed by atoms with E-state index < -0.39 is 0 Å². The van der Waals surface area contributed by atoms with E-state index in [2.05, 4.69) is 42.6 Å². The Morgan fingerprint density at radius 3 is 2.75 bits per heavy atom. The maximum absolute atomic E-state index is 2.42. The van der Waals surface area contributed by atoms with Crippen LogP contribution in [0.15, 0.2) is 24.4 Å². The first-order valence-corrected chi connectivity index (χ1v) is 6.38. The average molecular weight is 213 g/mol. The zero-order valence-electron chi connectivity index (χ0n) is 10.2. The lowest BCUT2D eigenvalue weighted by Crippen LogP contribution is -2.03. The summed E-state index contributed by atoms with van der Waals surface area (Å²) in [6.07, 6.45) is 7.58. The molecular weight excluding hydrogens is 194 g/mol. The average Bonchev–Trinajstić information content (AvgIpc) is 2.66. The van der Waals surface area contributed by atoms with Crippen LogP contribution < -0.4 is 0 Å². The lowest BCUT2D eigenvalue weighted by atomic mass is 9.98. The number of aryl methyl sites for hydroxylation is 2. The fourth-order valence-electron chi connectivity index (χ4n) is 2.74. The normalized spacial score (nSPS) is 15.7. The summed E-state index contributed by atoms with van der Waals surface area (Å²) in [5.41, 5.74) is 5.95. The molecule has 0 saturated heterocycles. The molecule has 0 aliphatic heterocycles. The Morgan fingerprint density at radius 2 is 1.94 bits per heavy atom. The van der Waals surface area contributed by atoms with Crippen molar-refractivity contribution in [1.82, 2.24) is 4.40 Å². The Bertz CT molecular complexity index is 519. The van der Waals surface area contributed by atoms with E-state index in [1.165, 1.54) is 36.8 Å². The van der Waals surface area contributed by atoms with Crippen molar-refractivity contribution >= 4 is 5.52 Å². The molecule has 0 radical (unpaired) electrons. The number of aromatic nitrogens is 1. The summed E-state index contributed by atoms with van der Waals surface area (Å²) in [5.74, 6) is 0.617. The van der Waals surface area contributed by atoms with Crippen molar-refractivity contribution in [2.24, 2.45) is 0 Å². The van der Waals surface area contributed by atoms with Gasteiger partial charge in [-0.2, -0.15) is 0 Å². The van der Waals surface area contributed by atoms with Crippen molar-refractivity contribution in [3.05, 3.63) is 41.2 Å². The first-order chi connectivity index (χ1) is 7.75. The topological polar surface area (TPSA) is 4.41 Å². The van der Waals surface area contributed by atoms with Crippen LogP contribution in [0.1, 0.15) is 49.4 Å². The molecule has 0 atom stereocenters. The summed E-state index contributed by atoms with van der Waals surface area (Å²) in [4.78, 5) is 0. The SMILES string of the molecule is CC(C)c1ccc2cc3c(n2c1)CCCC3. The number of pyridine rings is 1. The minimum absolute atomic E-state index is 0.617. The van der Waals surface area contributed by atoms with Gasteiger partial charge in [0.2, 0.25) is 0 Å². The van der Waals surface area contributed by atoms with Gasteiger partial charge in [-0.3, -0.25) is 0 Å². The second-order valence-corrected chi connectivity index (χ2v) is 5.24. The van der Waals surface area contributed by atoms with E-state index in [-0.39, 0.29) is 0 Å². The van der Waals surface area contributed by atoms with Gasteiger partial charge in [0.05, 0.1) is 0 Å². The van der Waals surface area contributed by atoms with E-state index in [0.29, 0.717) is 5.92 Å². The third-order valence-corrected chi connectivity index (χ3v) is 3.76. The minimum atomic E-state index is 0.617. The van der Waals surface area contributed by atoms with Crippen molar-refractivity contribution in [2.45, 2.75) is 45.4 Å². The lowest BCUT2D eigenvalue weighted by molar-refractivity contribution is 0.668. The summed E-state index contributed by atoms with van der Waals surface area (Å²) in [6, 6.07) is 6.91. The van der Waals surface area contributed by atoms with Crippen LogP contribution >= 0.6 is 0 Å². The smallest absolute Gasteiger partial charge is 0.0455 e. The zero-order valence-corrected chi connectivity index (χ0v) is 10.2. The lowest BCUT2D eigenvalue weighted by Gasteiger charge is -2.13. The molecule has 1 aliphatic carbocycles. The van der Waals surface area contributed by atoms with Crippen LogP contribution in [0.5, 0.6) is 0 Å². The highest BCUT2D eigenvalue weighted by atomic mass is 14.9. The molecule has 16 heavy (non-hydrogen) atoms.